The Bertz CT molecular complexity index is 450. The number of hydrogen-bond donors (Lipinski definition) is 0. The van der Waals surface area contributed by atoms with Gasteiger partial charge < -0.3 is 9.47 Å². The van der Waals surface area contributed by atoms with Gasteiger partial charge in [-0.2, -0.15) is 0 Å². The van der Waals surface area contributed by atoms with Crippen molar-refractivity contribution in [1.82, 2.24) is 0 Å². The van der Waals surface area contributed by atoms with E-state index in [1.807, 2.05) is 19.1 Å². The van der Waals surface area contributed by atoms with E-state index in [-0.39, 0.29) is 6.42 Å². The van der Waals surface area contributed by atoms with Gasteiger partial charge in [-0.15, -0.1) is 0 Å². The molecule has 1 unspecified atom stereocenters. The van der Waals surface area contributed by atoms with E-state index in [2.05, 4.69) is 4.74 Å². The van der Waals surface area contributed by atoms with Crippen LogP contribution in [0.15, 0.2) is 18.2 Å². The third-order valence-corrected chi connectivity index (χ3v) is 2.79. The van der Waals surface area contributed by atoms with Crippen LogP contribution in [0.2, 0.25) is 0 Å². The fraction of sp³-hybridized carbons (Fsp3) is 0.333. The maximum atomic E-state index is 11.5. The highest BCUT2D eigenvalue weighted by atomic mass is 16.6. The van der Waals surface area contributed by atoms with Gasteiger partial charge in [0.2, 0.25) is 0 Å². The zero-order valence-electron chi connectivity index (χ0n) is 9.15. The Balaban J connectivity index is 2.41. The molecular formula is C12H12O4. The van der Waals surface area contributed by atoms with Gasteiger partial charge in [0.15, 0.2) is 0 Å². The molecule has 4 nitrogen and oxygen atoms in total. The monoisotopic (exact) mass is 220 g/mol. The maximum absolute atomic E-state index is 11.5. The lowest BCUT2D eigenvalue weighted by Crippen LogP contribution is -2.07. The quantitative estimate of drug-likeness (QED) is 0.560. The number of carbonyl (C=O) groups excluding carboxylic acids is 2. The van der Waals surface area contributed by atoms with Crippen LogP contribution < -0.4 is 4.74 Å². The van der Waals surface area contributed by atoms with Crippen molar-refractivity contribution >= 4 is 11.9 Å². The van der Waals surface area contributed by atoms with Crippen molar-refractivity contribution in [3.8, 4) is 5.75 Å². The molecule has 2 rings (SSSR count). The topological polar surface area (TPSA) is 52.6 Å². The number of esters is 2. The van der Waals surface area contributed by atoms with E-state index >= 15 is 0 Å². The molecule has 0 aromatic heterocycles. The number of cyclic esters (lactones) is 2. The van der Waals surface area contributed by atoms with Gasteiger partial charge in [0.25, 0.3) is 0 Å². The molecule has 1 fully saturated rings. The van der Waals surface area contributed by atoms with Gasteiger partial charge in [0.1, 0.15) is 5.75 Å². The van der Waals surface area contributed by atoms with Crippen LogP contribution in [-0.2, 0) is 14.3 Å². The molecule has 1 aliphatic heterocycles. The fourth-order valence-electron chi connectivity index (χ4n) is 1.94. The molecule has 0 saturated carbocycles. The molecule has 4 heteroatoms. The molecule has 0 bridgehead atoms. The van der Waals surface area contributed by atoms with Crippen LogP contribution in [0.3, 0.4) is 0 Å². The van der Waals surface area contributed by atoms with Crippen molar-refractivity contribution in [1.29, 1.82) is 0 Å². The number of hydrogen-bond acceptors (Lipinski definition) is 4. The highest BCUT2D eigenvalue weighted by Gasteiger charge is 2.35. The van der Waals surface area contributed by atoms with Gasteiger partial charge in [0, 0.05) is 0 Å². The van der Waals surface area contributed by atoms with Crippen LogP contribution in [0.4, 0.5) is 0 Å². The van der Waals surface area contributed by atoms with Crippen LogP contribution in [0.5, 0.6) is 5.75 Å². The Hall–Kier alpha value is -1.84. The molecule has 1 aromatic carbocycles. The van der Waals surface area contributed by atoms with E-state index in [4.69, 9.17) is 4.74 Å². The van der Waals surface area contributed by atoms with Crippen LogP contribution in [0, 0.1) is 6.92 Å². The maximum Gasteiger partial charge on any atom is 0.321 e. The first-order valence-corrected chi connectivity index (χ1v) is 5.01. The summed E-state index contributed by atoms with van der Waals surface area (Å²) in [5.41, 5.74) is 1.68. The van der Waals surface area contributed by atoms with Gasteiger partial charge >= 0.3 is 11.9 Å². The summed E-state index contributed by atoms with van der Waals surface area (Å²) in [6.07, 6.45) is 0.118. The Morgan fingerprint density at radius 3 is 2.69 bits per heavy atom. The summed E-state index contributed by atoms with van der Waals surface area (Å²) in [6.45, 7) is 1.87. The number of methoxy groups -OCH3 is 1. The van der Waals surface area contributed by atoms with Gasteiger partial charge in [-0.1, -0.05) is 12.1 Å². The minimum absolute atomic E-state index is 0.118. The average molecular weight is 220 g/mol. The first-order chi connectivity index (χ1) is 7.63. The lowest BCUT2D eigenvalue weighted by molar-refractivity contribution is -0.152. The van der Waals surface area contributed by atoms with Crippen molar-refractivity contribution in [3.63, 3.8) is 0 Å². The summed E-state index contributed by atoms with van der Waals surface area (Å²) >= 11 is 0. The minimum atomic E-state index is -0.484. The molecule has 84 valence electrons. The normalized spacial score (nSPS) is 19.8. The SMILES string of the molecule is COc1cccc(C2CC(=O)OC2=O)c1C. The highest BCUT2D eigenvalue weighted by molar-refractivity contribution is 5.98. The van der Waals surface area contributed by atoms with E-state index < -0.39 is 17.9 Å². The van der Waals surface area contributed by atoms with Gasteiger partial charge in [-0.3, -0.25) is 9.59 Å². The lowest BCUT2D eigenvalue weighted by Gasteiger charge is -2.12. The smallest absolute Gasteiger partial charge is 0.321 e. The first-order valence-electron chi connectivity index (χ1n) is 5.01. The van der Waals surface area contributed by atoms with Crippen molar-refractivity contribution in [2.24, 2.45) is 0 Å². The molecule has 0 radical (unpaired) electrons. The highest BCUT2D eigenvalue weighted by Crippen LogP contribution is 2.33. The summed E-state index contributed by atoms with van der Waals surface area (Å²) in [5.74, 6) is -0.703. The predicted octanol–water partition coefficient (Wildman–Crippen LogP) is 1.56. The summed E-state index contributed by atoms with van der Waals surface area (Å²) in [5, 5.41) is 0. The Morgan fingerprint density at radius 2 is 2.12 bits per heavy atom. The lowest BCUT2D eigenvalue weighted by atomic mass is 9.93. The van der Waals surface area contributed by atoms with Crippen LogP contribution in [-0.4, -0.2) is 19.0 Å². The average Bonchev–Trinajstić information content (AvgIpc) is 2.58. The van der Waals surface area contributed by atoms with E-state index in [0.29, 0.717) is 5.75 Å². The Labute approximate surface area is 93.2 Å². The van der Waals surface area contributed by atoms with Crippen molar-refractivity contribution in [3.05, 3.63) is 29.3 Å². The number of rotatable bonds is 2. The van der Waals surface area contributed by atoms with E-state index in [1.165, 1.54) is 0 Å². The summed E-state index contributed by atoms with van der Waals surface area (Å²) in [4.78, 5) is 22.5. The first kappa shape index (κ1) is 10.7. The second-order valence-corrected chi connectivity index (χ2v) is 3.72. The fourth-order valence-corrected chi connectivity index (χ4v) is 1.94. The largest absolute Gasteiger partial charge is 0.496 e. The third kappa shape index (κ3) is 1.66. The molecule has 1 saturated heterocycles. The zero-order chi connectivity index (χ0) is 11.7. The van der Waals surface area contributed by atoms with E-state index in [9.17, 15) is 9.59 Å². The van der Waals surface area contributed by atoms with Gasteiger partial charge in [0.05, 0.1) is 19.4 Å². The second-order valence-electron chi connectivity index (χ2n) is 3.72. The van der Waals surface area contributed by atoms with Crippen LogP contribution in [0.1, 0.15) is 23.5 Å². The van der Waals surface area contributed by atoms with E-state index in [1.54, 1.807) is 13.2 Å². The summed E-state index contributed by atoms with van der Waals surface area (Å²) in [7, 11) is 1.57. The third-order valence-electron chi connectivity index (χ3n) is 2.79. The van der Waals surface area contributed by atoms with Crippen molar-refractivity contribution in [2.75, 3.05) is 7.11 Å². The standard InChI is InChI=1S/C12H12O4/c1-7-8(4-3-5-10(7)15-2)9-6-11(13)16-12(9)14/h3-5,9H,6H2,1-2H3. The van der Waals surface area contributed by atoms with Gasteiger partial charge in [-0.05, 0) is 24.1 Å². The Kier molecular flexibility index (Phi) is 2.64. The molecule has 1 aromatic rings. The van der Waals surface area contributed by atoms with Gasteiger partial charge in [-0.25, -0.2) is 0 Å². The number of benzene rings is 1. The Morgan fingerprint density at radius 1 is 1.38 bits per heavy atom. The molecule has 0 N–H and O–H groups in total. The van der Waals surface area contributed by atoms with Crippen molar-refractivity contribution < 1.29 is 19.1 Å². The molecule has 0 amide bonds. The van der Waals surface area contributed by atoms with E-state index in [0.717, 1.165) is 11.1 Å². The number of carbonyl (C=O) groups is 2. The molecular weight excluding hydrogens is 208 g/mol. The molecule has 0 spiro atoms. The second kappa shape index (κ2) is 3.96. The number of ether oxygens (including phenoxy) is 2. The molecule has 0 aliphatic carbocycles. The van der Waals surface area contributed by atoms with Crippen LogP contribution in [0.25, 0.3) is 0 Å². The molecule has 1 atom stereocenters. The summed E-state index contributed by atoms with van der Waals surface area (Å²) in [6, 6.07) is 5.45. The minimum Gasteiger partial charge on any atom is -0.496 e. The predicted molar refractivity (Wildman–Crippen MR) is 56.2 cm³/mol. The zero-order valence-corrected chi connectivity index (χ0v) is 9.15. The summed E-state index contributed by atoms with van der Waals surface area (Å²) < 4.78 is 9.71. The van der Waals surface area contributed by atoms with Crippen molar-refractivity contribution in [2.45, 2.75) is 19.3 Å². The molecule has 1 heterocycles. The van der Waals surface area contributed by atoms with Crippen LogP contribution >= 0.6 is 0 Å². The molecule has 1 aliphatic rings. The molecule has 16 heavy (non-hydrogen) atoms.